The molecule has 1 fully saturated rings. The van der Waals surface area contributed by atoms with Crippen LogP contribution < -0.4 is 5.32 Å². The van der Waals surface area contributed by atoms with Gasteiger partial charge in [-0.15, -0.1) is 0 Å². The van der Waals surface area contributed by atoms with Crippen molar-refractivity contribution in [3.8, 4) is 0 Å². The third kappa shape index (κ3) is 2.69. The average molecular weight is 278 g/mol. The molecule has 0 saturated carbocycles. The quantitative estimate of drug-likeness (QED) is 0.885. The number of carbonyl (C=O) groups excluding carboxylic acids is 2. The topological polar surface area (TPSA) is 67.2 Å². The third-order valence-corrected chi connectivity index (χ3v) is 3.61. The number of hydrogen-bond acceptors (Lipinski definition) is 3. The van der Waals surface area contributed by atoms with Gasteiger partial charge >= 0.3 is 0 Å². The Labute approximate surface area is 119 Å². The van der Waals surface area contributed by atoms with Gasteiger partial charge in [-0.1, -0.05) is 13.8 Å². The van der Waals surface area contributed by atoms with E-state index in [1.165, 1.54) is 0 Å². The van der Waals surface area contributed by atoms with Crippen molar-refractivity contribution in [1.82, 2.24) is 20.0 Å². The Balaban J connectivity index is 2.23. The van der Waals surface area contributed by atoms with Crippen LogP contribution in [0.4, 0.5) is 0 Å². The Morgan fingerprint density at radius 1 is 1.40 bits per heavy atom. The minimum atomic E-state index is -0.460. The molecule has 2 rings (SSSR count). The van der Waals surface area contributed by atoms with Crippen molar-refractivity contribution in [2.24, 2.45) is 5.92 Å². The molecule has 1 aromatic rings. The van der Waals surface area contributed by atoms with Gasteiger partial charge in [0.25, 0.3) is 0 Å². The molecule has 2 unspecified atom stereocenters. The van der Waals surface area contributed by atoms with Gasteiger partial charge in [0.2, 0.25) is 11.8 Å². The van der Waals surface area contributed by atoms with Crippen LogP contribution >= 0.6 is 0 Å². The summed E-state index contributed by atoms with van der Waals surface area (Å²) in [5.74, 6) is -0.0322. The summed E-state index contributed by atoms with van der Waals surface area (Å²) in [7, 11) is 0. The van der Waals surface area contributed by atoms with Gasteiger partial charge < -0.3 is 10.2 Å². The Morgan fingerprint density at radius 3 is 2.65 bits per heavy atom. The van der Waals surface area contributed by atoms with Crippen molar-refractivity contribution >= 4 is 11.8 Å². The fourth-order valence-electron chi connectivity index (χ4n) is 2.58. The molecular weight excluding hydrogens is 256 g/mol. The van der Waals surface area contributed by atoms with E-state index in [2.05, 4.69) is 10.4 Å². The number of piperazine rings is 1. The zero-order chi connectivity index (χ0) is 14.9. The molecule has 1 saturated heterocycles. The molecule has 1 N–H and O–H groups in total. The molecule has 2 amide bonds. The lowest BCUT2D eigenvalue weighted by atomic mass is 9.97. The highest BCUT2D eigenvalue weighted by Crippen LogP contribution is 2.20. The van der Waals surface area contributed by atoms with E-state index in [9.17, 15) is 9.59 Å². The summed E-state index contributed by atoms with van der Waals surface area (Å²) in [6.07, 6.45) is 3.67. The Morgan fingerprint density at radius 2 is 2.10 bits per heavy atom. The molecule has 2 heterocycles. The molecule has 1 aliphatic heterocycles. The Bertz CT molecular complexity index is 509. The molecule has 0 radical (unpaired) electrons. The maximum Gasteiger partial charge on any atom is 0.245 e. The molecule has 2 atom stereocenters. The molecule has 1 aliphatic rings. The largest absolute Gasteiger partial charge is 0.343 e. The van der Waals surface area contributed by atoms with E-state index in [1.54, 1.807) is 18.0 Å². The first kappa shape index (κ1) is 14.6. The van der Waals surface area contributed by atoms with E-state index in [0.29, 0.717) is 6.54 Å². The summed E-state index contributed by atoms with van der Waals surface area (Å²) in [5.41, 5.74) is 0.952. The first-order valence-corrected chi connectivity index (χ1v) is 7.06. The van der Waals surface area contributed by atoms with Crippen LogP contribution in [-0.2, 0) is 22.7 Å². The molecule has 1 aromatic heterocycles. The maximum absolute atomic E-state index is 12.4. The number of nitrogens with zero attached hydrogens (tertiary/aromatic N) is 3. The van der Waals surface area contributed by atoms with Gasteiger partial charge in [-0.2, -0.15) is 5.10 Å². The first-order valence-electron chi connectivity index (χ1n) is 7.06. The number of aryl methyl sites for hydroxylation is 1. The zero-order valence-corrected chi connectivity index (χ0v) is 12.5. The SMILES string of the molecule is CCn1cc(CN2C(=O)C(C)NC(=O)C2C(C)C)cn1. The van der Waals surface area contributed by atoms with E-state index in [4.69, 9.17) is 0 Å². The van der Waals surface area contributed by atoms with Gasteiger partial charge in [0, 0.05) is 24.8 Å². The Hall–Kier alpha value is -1.85. The zero-order valence-electron chi connectivity index (χ0n) is 12.5. The lowest BCUT2D eigenvalue weighted by Gasteiger charge is -2.39. The second kappa shape index (κ2) is 5.64. The number of hydrogen-bond donors (Lipinski definition) is 1. The predicted molar refractivity (Wildman–Crippen MR) is 74.7 cm³/mol. The predicted octanol–water partition coefficient (Wildman–Crippen LogP) is 0.774. The highest BCUT2D eigenvalue weighted by Gasteiger charge is 2.40. The lowest BCUT2D eigenvalue weighted by molar-refractivity contribution is -0.151. The van der Waals surface area contributed by atoms with Crippen molar-refractivity contribution in [3.05, 3.63) is 18.0 Å². The van der Waals surface area contributed by atoms with Crippen LogP contribution in [0.3, 0.4) is 0 Å². The molecule has 0 aliphatic carbocycles. The van der Waals surface area contributed by atoms with Crippen molar-refractivity contribution in [2.45, 2.75) is 52.9 Å². The van der Waals surface area contributed by atoms with Crippen molar-refractivity contribution in [3.63, 3.8) is 0 Å². The van der Waals surface area contributed by atoms with Crippen LogP contribution in [0.25, 0.3) is 0 Å². The minimum Gasteiger partial charge on any atom is -0.343 e. The number of rotatable bonds is 4. The van der Waals surface area contributed by atoms with E-state index in [1.807, 2.05) is 31.6 Å². The number of carbonyl (C=O) groups is 2. The summed E-state index contributed by atoms with van der Waals surface area (Å²) in [6, 6.07) is -0.873. The maximum atomic E-state index is 12.4. The highest BCUT2D eigenvalue weighted by molar-refractivity contribution is 5.96. The third-order valence-electron chi connectivity index (χ3n) is 3.61. The monoisotopic (exact) mass is 278 g/mol. The molecule has 110 valence electrons. The standard InChI is InChI=1S/C14H22N4O2/c1-5-17-7-11(6-15-17)8-18-12(9(2)3)13(19)16-10(4)14(18)20/h6-7,9-10,12H,5,8H2,1-4H3,(H,16,19). The molecular formula is C14H22N4O2. The van der Waals surface area contributed by atoms with Crippen molar-refractivity contribution in [1.29, 1.82) is 0 Å². The van der Waals surface area contributed by atoms with Gasteiger partial charge in [0.05, 0.1) is 6.20 Å². The lowest BCUT2D eigenvalue weighted by Crippen LogP contribution is -2.63. The van der Waals surface area contributed by atoms with Gasteiger partial charge in [-0.25, -0.2) is 0 Å². The average Bonchev–Trinajstić information content (AvgIpc) is 2.82. The van der Waals surface area contributed by atoms with Gasteiger partial charge in [0.15, 0.2) is 0 Å². The molecule has 6 nitrogen and oxygen atoms in total. The molecule has 20 heavy (non-hydrogen) atoms. The van der Waals surface area contributed by atoms with E-state index < -0.39 is 12.1 Å². The number of aromatic nitrogens is 2. The second-order valence-corrected chi connectivity index (χ2v) is 5.59. The normalized spacial score (nSPS) is 23.4. The molecule has 6 heteroatoms. The fourth-order valence-corrected chi connectivity index (χ4v) is 2.58. The summed E-state index contributed by atoms with van der Waals surface area (Å²) in [4.78, 5) is 26.2. The summed E-state index contributed by atoms with van der Waals surface area (Å²) in [6.45, 7) is 8.86. The van der Waals surface area contributed by atoms with Crippen LogP contribution in [0.5, 0.6) is 0 Å². The van der Waals surface area contributed by atoms with E-state index >= 15 is 0 Å². The van der Waals surface area contributed by atoms with Gasteiger partial charge in [0.1, 0.15) is 12.1 Å². The number of amides is 2. The fraction of sp³-hybridized carbons (Fsp3) is 0.643. The number of nitrogens with one attached hydrogen (secondary N) is 1. The highest BCUT2D eigenvalue weighted by atomic mass is 16.2. The van der Waals surface area contributed by atoms with Gasteiger partial charge in [-0.05, 0) is 19.8 Å². The second-order valence-electron chi connectivity index (χ2n) is 5.59. The minimum absolute atomic E-state index is 0.0347. The summed E-state index contributed by atoms with van der Waals surface area (Å²) < 4.78 is 1.82. The van der Waals surface area contributed by atoms with Crippen molar-refractivity contribution < 1.29 is 9.59 Å². The Kier molecular flexibility index (Phi) is 4.11. The van der Waals surface area contributed by atoms with Gasteiger partial charge in [-0.3, -0.25) is 14.3 Å². The summed E-state index contributed by atoms with van der Waals surface area (Å²) in [5, 5.41) is 6.95. The molecule has 0 bridgehead atoms. The van der Waals surface area contributed by atoms with E-state index in [-0.39, 0.29) is 17.7 Å². The molecule has 0 spiro atoms. The van der Waals surface area contributed by atoms with Crippen LogP contribution in [0.1, 0.15) is 33.3 Å². The van der Waals surface area contributed by atoms with Crippen LogP contribution in [0, 0.1) is 5.92 Å². The van der Waals surface area contributed by atoms with E-state index in [0.717, 1.165) is 12.1 Å². The smallest absolute Gasteiger partial charge is 0.245 e. The summed E-state index contributed by atoms with van der Waals surface area (Å²) >= 11 is 0. The van der Waals surface area contributed by atoms with Crippen LogP contribution in [-0.4, -0.2) is 38.6 Å². The van der Waals surface area contributed by atoms with Crippen LogP contribution in [0.15, 0.2) is 12.4 Å². The van der Waals surface area contributed by atoms with Crippen molar-refractivity contribution in [2.75, 3.05) is 0 Å². The van der Waals surface area contributed by atoms with Crippen LogP contribution in [0.2, 0.25) is 0 Å². The first-order chi connectivity index (χ1) is 9.43. The molecule has 0 aromatic carbocycles.